The van der Waals surface area contributed by atoms with Crippen LogP contribution >= 0.6 is 7.82 Å². The van der Waals surface area contributed by atoms with Crippen molar-refractivity contribution < 1.29 is 28.8 Å². The second-order valence-corrected chi connectivity index (χ2v) is 14.1. The second-order valence-electron chi connectivity index (χ2n) is 12.9. The van der Waals surface area contributed by atoms with Crippen LogP contribution in [0.5, 0.6) is 0 Å². The molecule has 1 amide bonds. The number of aliphatic hydroxyl groups excluding tert-OH is 1. The number of phosphoric acid groups is 1. The monoisotopic (exact) mass is 646 g/mol. The molecule has 0 aromatic rings. The lowest BCUT2D eigenvalue weighted by molar-refractivity contribution is -0.123. The highest BCUT2D eigenvalue weighted by atomic mass is 31.2. The number of nitrogens with one attached hydrogen (secondary N) is 1. The van der Waals surface area contributed by atoms with Crippen LogP contribution < -0.4 is 5.32 Å². The van der Waals surface area contributed by atoms with Crippen LogP contribution in [0.25, 0.3) is 0 Å². The van der Waals surface area contributed by atoms with Crippen molar-refractivity contribution in [2.45, 2.75) is 206 Å². The van der Waals surface area contributed by atoms with E-state index in [0.29, 0.717) is 12.8 Å². The summed E-state index contributed by atoms with van der Waals surface area (Å²) in [6, 6.07) is -0.824. The molecule has 262 valence electrons. The molecule has 0 rings (SSSR count). The van der Waals surface area contributed by atoms with E-state index in [9.17, 15) is 14.5 Å². The van der Waals surface area contributed by atoms with E-state index < -0.39 is 26.6 Å². The molecule has 4 N–H and O–H groups in total. The normalized spacial score (nSPS) is 13.5. The molecule has 44 heavy (non-hydrogen) atoms. The van der Waals surface area contributed by atoms with Gasteiger partial charge in [0.25, 0.3) is 0 Å². The van der Waals surface area contributed by atoms with E-state index in [2.05, 4.69) is 35.8 Å². The molecule has 0 spiro atoms. The van der Waals surface area contributed by atoms with E-state index in [4.69, 9.17) is 9.79 Å². The molecule has 8 heteroatoms. The van der Waals surface area contributed by atoms with Crippen LogP contribution in [0, 0.1) is 0 Å². The van der Waals surface area contributed by atoms with E-state index >= 15 is 0 Å². The maximum absolute atomic E-state index is 12.5. The summed E-state index contributed by atoms with van der Waals surface area (Å²) >= 11 is 0. The SMILES string of the molecule is CCCCCCCC/C=C/CCCCCCCC(=O)N[C@@H](COP(=O)(O)O)[C@H](O)CCCCCCCCCCCCCCC. The van der Waals surface area contributed by atoms with Crippen molar-refractivity contribution in [3.8, 4) is 0 Å². The van der Waals surface area contributed by atoms with Gasteiger partial charge >= 0.3 is 7.82 Å². The Morgan fingerprint density at radius 2 is 1.02 bits per heavy atom. The van der Waals surface area contributed by atoms with Crippen LogP contribution in [0.15, 0.2) is 12.2 Å². The molecule has 0 heterocycles. The Hall–Kier alpha value is -0.720. The van der Waals surface area contributed by atoms with Crippen LogP contribution in [0.2, 0.25) is 0 Å². The maximum Gasteiger partial charge on any atom is 0.469 e. The number of aliphatic hydroxyl groups is 1. The highest BCUT2D eigenvalue weighted by Crippen LogP contribution is 2.36. The lowest BCUT2D eigenvalue weighted by Gasteiger charge is -2.24. The highest BCUT2D eigenvalue weighted by molar-refractivity contribution is 7.46. The Balaban J connectivity index is 3.99. The lowest BCUT2D eigenvalue weighted by Crippen LogP contribution is -2.46. The molecule has 0 aliphatic rings. The van der Waals surface area contributed by atoms with Gasteiger partial charge in [0.05, 0.1) is 18.8 Å². The van der Waals surface area contributed by atoms with E-state index in [1.54, 1.807) is 0 Å². The largest absolute Gasteiger partial charge is 0.469 e. The number of rotatable bonds is 34. The third-order valence-corrected chi connectivity index (χ3v) is 8.99. The Kier molecular flexibility index (Phi) is 31.7. The number of allylic oxidation sites excluding steroid dienone is 2. The molecule has 0 aromatic heterocycles. The van der Waals surface area contributed by atoms with Gasteiger partial charge in [-0.2, -0.15) is 0 Å². The van der Waals surface area contributed by atoms with Gasteiger partial charge in [-0.1, -0.05) is 161 Å². The number of hydrogen-bond acceptors (Lipinski definition) is 4. The molecule has 0 bridgehead atoms. The van der Waals surface area contributed by atoms with Gasteiger partial charge in [0.1, 0.15) is 0 Å². The van der Waals surface area contributed by atoms with Crippen molar-refractivity contribution >= 4 is 13.7 Å². The van der Waals surface area contributed by atoms with Gasteiger partial charge < -0.3 is 20.2 Å². The predicted molar refractivity (Wildman–Crippen MR) is 186 cm³/mol. The summed E-state index contributed by atoms with van der Waals surface area (Å²) in [4.78, 5) is 30.8. The summed E-state index contributed by atoms with van der Waals surface area (Å²) in [6.07, 6.45) is 36.1. The van der Waals surface area contributed by atoms with Gasteiger partial charge in [-0.3, -0.25) is 9.32 Å². The standard InChI is InChI=1S/C36H72NO6P/c1-3-5-7-9-11-13-15-17-18-20-22-24-26-28-30-32-36(39)37-34(33-43-44(40,41)42)35(38)31-29-27-25-23-21-19-16-14-12-10-8-6-4-2/h17-18,34-35,38H,3-16,19-33H2,1-2H3,(H,37,39)(H2,40,41,42)/b18-17+/t34-,35+/m0/s1. The zero-order valence-electron chi connectivity index (χ0n) is 28.8. The van der Waals surface area contributed by atoms with Crippen molar-refractivity contribution in [1.29, 1.82) is 0 Å². The number of amides is 1. The minimum Gasteiger partial charge on any atom is -0.391 e. The van der Waals surface area contributed by atoms with Gasteiger partial charge in [0, 0.05) is 6.42 Å². The zero-order chi connectivity index (χ0) is 32.6. The van der Waals surface area contributed by atoms with Crippen LogP contribution in [0.4, 0.5) is 0 Å². The van der Waals surface area contributed by atoms with Crippen LogP contribution in [-0.2, 0) is 13.9 Å². The molecular formula is C36H72NO6P. The first-order valence-corrected chi connectivity index (χ1v) is 20.2. The summed E-state index contributed by atoms with van der Waals surface area (Å²) in [5, 5.41) is 13.5. The van der Waals surface area contributed by atoms with Crippen LogP contribution in [0.1, 0.15) is 194 Å². The summed E-state index contributed by atoms with van der Waals surface area (Å²) in [6.45, 7) is 4.10. The second kappa shape index (κ2) is 32.2. The number of phosphoric ester groups is 1. The van der Waals surface area contributed by atoms with E-state index in [1.165, 1.54) is 116 Å². The molecule has 0 unspecified atom stereocenters. The van der Waals surface area contributed by atoms with E-state index in [-0.39, 0.29) is 5.91 Å². The molecule has 0 aliphatic heterocycles. The van der Waals surface area contributed by atoms with Crippen molar-refractivity contribution in [2.75, 3.05) is 6.61 Å². The molecule has 7 nitrogen and oxygen atoms in total. The first kappa shape index (κ1) is 43.3. The number of unbranched alkanes of at least 4 members (excludes halogenated alkanes) is 23. The molecule has 0 aromatic carbocycles. The molecule has 0 saturated carbocycles. The van der Waals surface area contributed by atoms with Crippen molar-refractivity contribution in [2.24, 2.45) is 0 Å². The minimum atomic E-state index is -4.68. The Bertz CT molecular complexity index is 698. The smallest absolute Gasteiger partial charge is 0.391 e. The molecule has 0 fully saturated rings. The van der Waals surface area contributed by atoms with E-state index in [1.807, 2.05) is 0 Å². The summed E-state index contributed by atoms with van der Waals surface area (Å²) in [5.41, 5.74) is 0. The number of carbonyl (C=O) groups is 1. The third-order valence-electron chi connectivity index (χ3n) is 8.50. The van der Waals surface area contributed by atoms with Gasteiger partial charge in [0.2, 0.25) is 5.91 Å². The lowest BCUT2D eigenvalue weighted by atomic mass is 10.0. The number of carbonyl (C=O) groups excluding carboxylic acids is 1. The molecular weight excluding hydrogens is 573 g/mol. The fourth-order valence-electron chi connectivity index (χ4n) is 5.63. The van der Waals surface area contributed by atoms with E-state index in [0.717, 1.165) is 51.4 Å². The first-order valence-electron chi connectivity index (χ1n) is 18.6. The molecule has 0 radical (unpaired) electrons. The minimum absolute atomic E-state index is 0.202. The van der Waals surface area contributed by atoms with Crippen LogP contribution in [-0.4, -0.2) is 39.6 Å². The summed E-state index contributed by atoms with van der Waals surface area (Å²) in [7, 11) is -4.68. The topological polar surface area (TPSA) is 116 Å². The van der Waals surface area contributed by atoms with Crippen LogP contribution in [0.3, 0.4) is 0 Å². The van der Waals surface area contributed by atoms with Crippen molar-refractivity contribution in [3.63, 3.8) is 0 Å². The fourth-order valence-corrected chi connectivity index (χ4v) is 5.99. The van der Waals surface area contributed by atoms with Gasteiger partial charge in [-0.05, 0) is 38.5 Å². The molecule has 0 aliphatic carbocycles. The van der Waals surface area contributed by atoms with Gasteiger partial charge in [-0.15, -0.1) is 0 Å². The number of hydrogen-bond donors (Lipinski definition) is 4. The average Bonchev–Trinajstić information content (AvgIpc) is 2.99. The summed E-state index contributed by atoms with van der Waals surface area (Å²) in [5.74, 6) is -0.202. The zero-order valence-corrected chi connectivity index (χ0v) is 29.7. The Morgan fingerprint density at radius 3 is 1.45 bits per heavy atom. The highest BCUT2D eigenvalue weighted by Gasteiger charge is 2.25. The third kappa shape index (κ3) is 32.7. The predicted octanol–water partition coefficient (Wildman–Crippen LogP) is 10.5. The summed E-state index contributed by atoms with van der Waals surface area (Å²) < 4.78 is 15.9. The molecule has 0 saturated heterocycles. The Labute approximate surface area is 272 Å². The molecule has 2 atom stereocenters. The average molecular weight is 646 g/mol. The Morgan fingerprint density at radius 1 is 0.636 bits per heavy atom. The van der Waals surface area contributed by atoms with Crippen molar-refractivity contribution in [1.82, 2.24) is 5.32 Å². The van der Waals surface area contributed by atoms with Gasteiger partial charge in [0.15, 0.2) is 0 Å². The fraction of sp³-hybridized carbons (Fsp3) is 0.917. The van der Waals surface area contributed by atoms with Gasteiger partial charge in [-0.25, -0.2) is 4.57 Å². The first-order chi connectivity index (χ1) is 21.3. The van der Waals surface area contributed by atoms with Crippen molar-refractivity contribution in [3.05, 3.63) is 12.2 Å². The maximum atomic E-state index is 12.5. The quantitative estimate of drug-likeness (QED) is 0.0314.